The molecule has 2 bridgehead atoms. The van der Waals surface area contributed by atoms with Crippen LogP contribution in [0.15, 0.2) is 24.8 Å². The normalized spacial score (nSPS) is 40.2. The first-order chi connectivity index (χ1) is 8.59. The van der Waals surface area contributed by atoms with Gasteiger partial charge in [0.15, 0.2) is 0 Å². The van der Waals surface area contributed by atoms with E-state index >= 15 is 0 Å². The van der Waals surface area contributed by atoms with Gasteiger partial charge >= 0.3 is 5.97 Å². The highest BCUT2D eigenvalue weighted by Gasteiger charge is 2.70. The van der Waals surface area contributed by atoms with Crippen molar-refractivity contribution in [3.63, 3.8) is 0 Å². The number of carbonyl (C=O) groups excluding carboxylic acids is 2. The van der Waals surface area contributed by atoms with Crippen molar-refractivity contribution in [3.8, 4) is 0 Å². The zero-order valence-corrected chi connectivity index (χ0v) is 10.2. The van der Waals surface area contributed by atoms with Crippen LogP contribution in [-0.4, -0.2) is 47.2 Å². The van der Waals surface area contributed by atoms with E-state index in [9.17, 15) is 9.59 Å². The van der Waals surface area contributed by atoms with Crippen molar-refractivity contribution < 1.29 is 19.1 Å². The number of ether oxygens (including phenoxy) is 2. The molecule has 0 N–H and O–H groups in total. The summed E-state index contributed by atoms with van der Waals surface area (Å²) in [5, 5.41) is 0. The number of hydrogen-bond donors (Lipinski definition) is 0. The molecule has 0 unspecified atom stereocenters. The number of amides is 1. The van der Waals surface area contributed by atoms with Gasteiger partial charge in [0.05, 0.1) is 6.10 Å². The van der Waals surface area contributed by atoms with Crippen molar-refractivity contribution in [2.24, 2.45) is 0 Å². The Bertz CT molecular complexity index is 458. The lowest BCUT2D eigenvalue weighted by Gasteiger charge is -2.56. The Morgan fingerprint density at radius 3 is 3.00 bits per heavy atom. The Balaban J connectivity index is 1.91. The summed E-state index contributed by atoms with van der Waals surface area (Å²) in [6.07, 6.45) is 5.45. The fourth-order valence-electron chi connectivity index (χ4n) is 3.21. The Hall–Kier alpha value is -1.62. The number of carbonyl (C=O) groups is 2. The van der Waals surface area contributed by atoms with Gasteiger partial charge in [-0.25, -0.2) is 0 Å². The molecule has 3 rings (SSSR count). The van der Waals surface area contributed by atoms with Crippen LogP contribution in [0.2, 0.25) is 0 Å². The topological polar surface area (TPSA) is 55.8 Å². The molecule has 5 nitrogen and oxygen atoms in total. The van der Waals surface area contributed by atoms with Gasteiger partial charge in [-0.15, -0.1) is 6.58 Å². The van der Waals surface area contributed by atoms with Crippen LogP contribution >= 0.6 is 0 Å². The van der Waals surface area contributed by atoms with E-state index in [0.717, 1.165) is 0 Å². The van der Waals surface area contributed by atoms with Gasteiger partial charge in [0.2, 0.25) is 6.10 Å². The lowest BCUT2D eigenvalue weighted by Crippen LogP contribution is -2.78. The van der Waals surface area contributed by atoms with Gasteiger partial charge in [0.1, 0.15) is 11.6 Å². The molecule has 2 saturated heterocycles. The number of β-lactam (4-membered cyclic amide) rings is 1. The molecular formula is C13H15NO4. The first-order valence-corrected chi connectivity index (χ1v) is 6.03. The zero-order chi connectivity index (χ0) is 12.9. The van der Waals surface area contributed by atoms with E-state index in [-0.39, 0.29) is 18.1 Å². The third-order valence-corrected chi connectivity index (χ3v) is 3.89. The van der Waals surface area contributed by atoms with Crippen molar-refractivity contribution in [2.75, 3.05) is 6.54 Å². The molecule has 5 heteroatoms. The summed E-state index contributed by atoms with van der Waals surface area (Å²) >= 11 is 0. The van der Waals surface area contributed by atoms with Crippen molar-refractivity contribution >= 4 is 11.9 Å². The first kappa shape index (κ1) is 11.5. The third kappa shape index (κ3) is 1.25. The third-order valence-electron chi connectivity index (χ3n) is 3.89. The van der Waals surface area contributed by atoms with Gasteiger partial charge < -0.3 is 14.4 Å². The van der Waals surface area contributed by atoms with Gasteiger partial charge in [-0.05, 0) is 0 Å². The van der Waals surface area contributed by atoms with Crippen molar-refractivity contribution in [2.45, 2.75) is 37.2 Å². The summed E-state index contributed by atoms with van der Waals surface area (Å²) in [5.41, 5.74) is -0.518. The summed E-state index contributed by atoms with van der Waals surface area (Å²) in [7, 11) is 0. The number of hydrogen-bond acceptors (Lipinski definition) is 4. The Labute approximate surface area is 105 Å². The molecule has 96 valence electrons. The second-order valence-electron chi connectivity index (χ2n) is 4.90. The Morgan fingerprint density at radius 1 is 1.72 bits per heavy atom. The molecule has 3 aliphatic heterocycles. The molecule has 0 radical (unpaired) electrons. The minimum atomic E-state index is -0.713. The molecular weight excluding hydrogens is 234 g/mol. The van der Waals surface area contributed by atoms with Crippen molar-refractivity contribution in [1.29, 1.82) is 0 Å². The zero-order valence-electron chi connectivity index (χ0n) is 10.2. The van der Waals surface area contributed by atoms with Gasteiger partial charge in [-0.2, -0.15) is 0 Å². The van der Waals surface area contributed by atoms with Crippen LogP contribution in [-0.2, 0) is 19.1 Å². The van der Waals surface area contributed by atoms with Crippen LogP contribution in [0, 0.1) is 0 Å². The van der Waals surface area contributed by atoms with E-state index in [1.54, 1.807) is 11.0 Å². The molecule has 4 atom stereocenters. The smallest absolute Gasteiger partial charge is 0.303 e. The molecule has 3 heterocycles. The lowest BCUT2D eigenvalue weighted by molar-refractivity contribution is -0.201. The van der Waals surface area contributed by atoms with Crippen LogP contribution in [0.5, 0.6) is 0 Å². The summed E-state index contributed by atoms with van der Waals surface area (Å²) in [6.45, 7) is 5.43. The number of rotatable bonds is 3. The van der Waals surface area contributed by atoms with Crippen molar-refractivity contribution in [1.82, 2.24) is 4.90 Å². The molecule has 3 aliphatic rings. The fraction of sp³-hybridized carbons (Fsp3) is 0.538. The maximum absolute atomic E-state index is 12.0. The van der Waals surface area contributed by atoms with Gasteiger partial charge in [0, 0.05) is 19.9 Å². The van der Waals surface area contributed by atoms with E-state index in [0.29, 0.717) is 13.0 Å². The average molecular weight is 249 g/mol. The molecule has 0 aromatic carbocycles. The van der Waals surface area contributed by atoms with Gasteiger partial charge in [-0.3, -0.25) is 9.59 Å². The molecule has 0 aliphatic carbocycles. The van der Waals surface area contributed by atoms with Gasteiger partial charge in [0.25, 0.3) is 5.91 Å². The molecule has 1 spiro atoms. The summed E-state index contributed by atoms with van der Waals surface area (Å²) in [4.78, 5) is 24.9. The molecule has 18 heavy (non-hydrogen) atoms. The fourth-order valence-corrected chi connectivity index (χ4v) is 3.21. The maximum Gasteiger partial charge on any atom is 0.303 e. The Morgan fingerprint density at radius 2 is 2.50 bits per heavy atom. The summed E-state index contributed by atoms with van der Waals surface area (Å²) in [5.74, 6) is -0.590. The average Bonchev–Trinajstić information content (AvgIpc) is 2.94. The number of fused-ring (bicyclic) bond motifs is 3. The second kappa shape index (κ2) is 3.68. The predicted molar refractivity (Wildman–Crippen MR) is 62.6 cm³/mol. The Kier molecular flexibility index (Phi) is 2.35. The monoisotopic (exact) mass is 249 g/mol. The van der Waals surface area contributed by atoms with Crippen LogP contribution in [0.3, 0.4) is 0 Å². The predicted octanol–water partition coefficient (Wildman–Crippen LogP) is 0.412. The van der Waals surface area contributed by atoms with Crippen LogP contribution in [0.1, 0.15) is 13.3 Å². The van der Waals surface area contributed by atoms with Gasteiger partial charge in [-0.1, -0.05) is 18.2 Å². The quantitative estimate of drug-likeness (QED) is 0.413. The largest absolute Gasteiger partial charge is 0.450 e. The van der Waals surface area contributed by atoms with E-state index in [2.05, 4.69) is 6.58 Å². The summed E-state index contributed by atoms with van der Waals surface area (Å²) in [6, 6.07) is 0. The van der Waals surface area contributed by atoms with Crippen LogP contribution < -0.4 is 0 Å². The van der Waals surface area contributed by atoms with E-state index in [1.807, 2.05) is 12.2 Å². The SMILES string of the molecule is C=CCN1C(=O)[C@@H](OC(C)=O)[C@]12C[C@H]1C=C[C@@H]2O1. The van der Waals surface area contributed by atoms with E-state index < -0.39 is 17.6 Å². The molecule has 2 fully saturated rings. The van der Waals surface area contributed by atoms with Crippen LogP contribution in [0.25, 0.3) is 0 Å². The van der Waals surface area contributed by atoms with E-state index in [4.69, 9.17) is 9.47 Å². The van der Waals surface area contributed by atoms with Crippen LogP contribution in [0.4, 0.5) is 0 Å². The first-order valence-electron chi connectivity index (χ1n) is 6.03. The van der Waals surface area contributed by atoms with Crippen molar-refractivity contribution in [3.05, 3.63) is 24.8 Å². The minimum absolute atomic E-state index is 0.0217. The highest BCUT2D eigenvalue weighted by Crippen LogP contribution is 2.50. The number of likely N-dealkylation sites (tertiary alicyclic amines) is 1. The minimum Gasteiger partial charge on any atom is -0.450 e. The second-order valence-corrected chi connectivity index (χ2v) is 4.90. The highest BCUT2D eigenvalue weighted by molar-refractivity contribution is 5.93. The lowest BCUT2D eigenvalue weighted by atomic mass is 9.72. The number of nitrogens with zero attached hydrogens (tertiary/aromatic N) is 1. The highest BCUT2D eigenvalue weighted by atomic mass is 16.6. The molecule has 0 saturated carbocycles. The van der Waals surface area contributed by atoms with E-state index in [1.165, 1.54) is 6.92 Å². The summed E-state index contributed by atoms with van der Waals surface area (Å²) < 4.78 is 10.9. The molecule has 0 aromatic rings. The maximum atomic E-state index is 12.0. The molecule has 1 amide bonds. The number of esters is 1. The molecule has 0 aromatic heterocycles. The standard InChI is InChI=1S/C13H15NO4/c1-3-6-14-12(16)11(17-8(2)15)13(14)7-9-4-5-10(13)18-9/h3-5,9-11H,1,6-7H2,2H3/t9-,10+,11-,13-/m1/s1.